The first-order valence-corrected chi connectivity index (χ1v) is 12.2. The summed E-state index contributed by atoms with van der Waals surface area (Å²) in [6.07, 6.45) is 6.97. The second-order valence-electron chi connectivity index (χ2n) is 9.14. The lowest BCUT2D eigenvalue weighted by atomic mass is 9.91. The summed E-state index contributed by atoms with van der Waals surface area (Å²) in [6, 6.07) is 38.9. The van der Waals surface area contributed by atoms with E-state index in [1.165, 1.54) is 32.3 Å². The quantitative estimate of drug-likeness (QED) is 0.289. The first-order chi connectivity index (χ1) is 17.4. The van der Waals surface area contributed by atoms with Gasteiger partial charge in [-0.05, 0) is 81.6 Å². The van der Waals surface area contributed by atoms with Crippen molar-refractivity contribution in [2.24, 2.45) is 0 Å². The summed E-state index contributed by atoms with van der Waals surface area (Å²) in [5.74, 6) is 0.962. The predicted molar refractivity (Wildman–Crippen MR) is 147 cm³/mol. The largest absolute Gasteiger partial charge is 0.292 e. The molecule has 2 nitrogen and oxygen atoms in total. The molecule has 0 atom stereocenters. The van der Waals surface area contributed by atoms with E-state index in [1.54, 1.807) is 0 Å². The lowest BCUT2D eigenvalue weighted by Crippen LogP contribution is -2.29. The Balaban J connectivity index is 1.51. The van der Waals surface area contributed by atoms with Gasteiger partial charge in [-0.1, -0.05) is 84.9 Å². The zero-order valence-corrected chi connectivity index (χ0v) is 19.4. The van der Waals surface area contributed by atoms with E-state index in [-0.39, 0.29) is 0 Å². The standard InChI is InChI=1S/C33H24N2/c1-2-15-27(16-3-1)35-31-20-9-8-19-30(31)34-33(35)26-14-10-13-25(22-26)32-28-17-6-4-11-23(28)21-24-12-5-7-18-29(24)32/h1-4,6,8-22H,5,7H2. The van der Waals surface area contributed by atoms with Crippen LogP contribution in [0, 0.1) is 0 Å². The fourth-order valence-electron chi connectivity index (χ4n) is 5.42. The highest BCUT2D eigenvalue weighted by Crippen LogP contribution is 2.32. The number of hydrogen-bond donors (Lipinski definition) is 0. The minimum Gasteiger partial charge on any atom is -0.292 e. The molecule has 0 aliphatic heterocycles. The van der Waals surface area contributed by atoms with Crippen molar-refractivity contribution in [2.45, 2.75) is 12.8 Å². The molecule has 1 aliphatic rings. The van der Waals surface area contributed by atoms with Crippen molar-refractivity contribution in [1.82, 2.24) is 9.55 Å². The van der Waals surface area contributed by atoms with Gasteiger partial charge in [0.1, 0.15) is 5.82 Å². The van der Waals surface area contributed by atoms with E-state index < -0.39 is 0 Å². The maximum atomic E-state index is 5.09. The Labute approximate surface area is 204 Å². The summed E-state index contributed by atoms with van der Waals surface area (Å²) in [5, 5.41) is 5.27. The third-order valence-corrected chi connectivity index (χ3v) is 6.99. The summed E-state index contributed by atoms with van der Waals surface area (Å²) in [7, 11) is 0. The van der Waals surface area contributed by atoms with Crippen molar-refractivity contribution >= 4 is 34.0 Å². The van der Waals surface area contributed by atoms with E-state index in [0.29, 0.717) is 0 Å². The molecule has 0 saturated carbocycles. The Morgan fingerprint density at radius 2 is 1.40 bits per heavy atom. The molecule has 35 heavy (non-hydrogen) atoms. The molecule has 7 rings (SSSR count). The molecule has 1 aliphatic carbocycles. The van der Waals surface area contributed by atoms with Crippen molar-refractivity contribution in [3.63, 3.8) is 0 Å². The molecule has 0 amide bonds. The van der Waals surface area contributed by atoms with E-state index in [9.17, 15) is 0 Å². The maximum Gasteiger partial charge on any atom is 0.145 e. The number of fused-ring (bicyclic) bond motifs is 3. The number of rotatable bonds is 3. The van der Waals surface area contributed by atoms with Crippen molar-refractivity contribution in [1.29, 1.82) is 0 Å². The normalized spacial score (nSPS) is 12.8. The molecule has 166 valence electrons. The monoisotopic (exact) mass is 448 g/mol. The fraction of sp³-hybridized carbons (Fsp3) is 0.0606. The third-order valence-electron chi connectivity index (χ3n) is 6.99. The molecule has 2 heteroatoms. The van der Waals surface area contributed by atoms with Crippen LogP contribution in [0.3, 0.4) is 0 Å². The van der Waals surface area contributed by atoms with Crippen molar-refractivity contribution in [3.05, 3.63) is 120 Å². The summed E-state index contributed by atoms with van der Waals surface area (Å²) < 4.78 is 2.27. The van der Waals surface area contributed by atoms with Gasteiger partial charge in [0.15, 0.2) is 0 Å². The highest BCUT2D eigenvalue weighted by atomic mass is 15.1. The van der Waals surface area contributed by atoms with Crippen LogP contribution in [0.25, 0.3) is 62.2 Å². The molecule has 0 saturated heterocycles. The lowest BCUT2D eigenvalue weighted by molar-refractivity contribution is 1.10. The molecule has 1 aromatic heterocycles. The van der Waals surface area contributed by atoms with Crippen LogP contribution in [0.2, 0.25) is 0 Å². The van der Waals surface area contributed by atoms with Gasteiger partial charge in [0.2, 0.25) is 0 Å². The molecule has 6 aromatic rings. The molecule has 0 bridgehead atoms. The lowest BCUT2D eigenvalue weighted by Gasteiger charge is -2.14. The van der Waals surface area contributed by atoms with Gasteiger partial charge < -0.3 is 0 Å². The number of nitrogens with zero attached hydrogens (tertiary/aromatic N) is 2. The van der Waals surface area contributed by atoms with Gasteiger partial charge in [-0.2, -0.15) is 0 Å². The van der Waals surface area contributed by atoms with E-state index in [1.807, 2.05) is 0 Å². The Hall–Kier alpha value is -4.43. The van der Waals surface area contributed by atoms with Crippen molar-refractivity contribution in [3.8, 4) is 28.2 Å². The summed E-state index contributed by atoms with van der Waals surface area (Å²) in [6.45, 7) is 0. The second kappa shape index (κ2) is 8.11. The zero-order chi connectivity index (χ0) is 23.2. The summed E-state index contributed by atoms with van der Waals surface area (Å²) in [5.41, 5.74) is 6.90. The van der Waals surface area contributed by atoms with E-state index >= 15 is 0 Å². The van der Waals surface area contributed by atoms with Crippen molar-refractivity contribution in [2.75, 3.05) is 0 Å². The number of benzene rings is 5. The van der Waals surface area contributed by atoms with Gasteiger partial charge in [0.25, 0.3) is 0 Å². The fourth-order valence-corrected chi connectivity index (χ4v) is 5.42. The van der Waals surface area contributed by atoms with Crippen LogP contribution in [-0.4, -0.2) is 9.55 Å². The number of imidazole rings is 1. The average molecular weight is 449 g/mol. The topological polar surface area (TPSA) is 17.8 Å². The van der Waals surface area contributed by atoms with Crippen molar-refractivity contribution < 1.29 is 0 Å². The Morgan fingerprint density at radius 1 is 0.629 bits per heavy atom. The molecular weight excluding hydrogens is 424 g/mol. The Morgan fingerprint density at radius 3 is 2.34 bits per heavy atom. The SMILES string of the molecule is C1=c2cc3ccccc3c(-c3cccc(-c4nc5ccccc5n4-c4ccccc4)c3)c2=CCC1. The van der Waals surface area contributed by atoms with Crippen LogP contribution >= 0.6 is 0 Å². The van der Waals surface area contributed by atoms with E-state index in [0.717, 1.165) is 41.0 Å². The molecule has 0 unspecified atom stereocenters. The van der Waals surface area contributed by atoms with Gasteiger partial charge in [-0.25, -0.2) is 4.98 Å². The van der Waals surface area contributed by atoms with E-state index in [2.05, 4.69) is 126 Å². The van der Waals surface area contributed by atoms with Gasteiger partial charge in [-0.3, -0.25) is 4.57 Å². The van der Waals surface area contributed by atoms with E-state index in [4.69, 9.17) is 4.98 Å². The number of hydrogen-bond acceptors (Lipinski definition) is 1. The van der Waals surface area contributed by atoms with Crippen LogP contribution in [-0.2, 0) is 0 Å². The molecule has 0 fully saturated rings. The van der Waals surface area contributed by atoms with Gasteiger partial charge in [0.05, 0.1) is 11.0 Å². The number of aromatic nitrogens is 2. The summed E-state index contributed by atoms with van der Waals surface area (Å²) >= 11 is 0. The smallest absolute Gasteiger partial charge is 0.145 e. The predicted octanol–water partition coefficient (Wildman–Crippen LogP) is 6.87. The van der Waals surface area contributed by atoms with Crippen LogP contribution in [0.15, 0.2) is 109 Å². The summed E-state index contributed by atoms with van der Waals surface area (Å²) in [4.78, 5) is 5.09. The molecule has 0 spiro atoms. The third kappa shape index (κ3) is 3.30. The van der Waals surface area contributed by atoms with Crippen LogP contribution < -0.4 is 10.4 Å². The molecule has 0 N–H and O–H groups in total. The Bertz CT molecular complexity index is 1840. The molecular formula is C33H24N2. The highest BCUT2D eigenvalue weighted by Gasteiger charge is 2.16. The zero-order valence-electron chi connectivity index (χ0n) is 19.4. The minimum absolute atomic E-state index is 0.962. The highest BCUT2D eigenvalue weighted by molar-refractivity contribution is 5.98. The first kappa shape index (κ1) is 20.0. The number of para-hydroxylation sites is 3. The second-order valence-corrected chi connectivity index (χ2v) is 9.14. The maximum absolute atomic E-state index is 5.09. The van der Waals surface area contributed by atoms with Gasteiger partial charge >= 0.3 is 0 Å². The van der Waals surface area contributed by atoms with Crippen LogP contribution in [0.4, 0.5) is 0 Å². The molecule has 5 aromatic carbocycles. The molecule has 1 heterocycles. The van der Waals surface area contributed by atoms with Crippen LogP contribution in [0.1, 0.15) is 12.8 Å². The van der Waals surface area contributed by atoms with Gasteiger partial charge in [-0.15, -0.1) is 0 Å². The molecule has 0 radical (unpaired) electrons. The average Bonchev–Trinajstić information content (AvgIpc) is 3.32. The van der Waals surface area contributed by atoms with Gasteiger partial charge in [0, 0.05) is 11.3 Å². The first-order valence-electron chi connectivity index (χ1n) is 12.2. The minimum atomic E-state index is 0.962. The Kier molecular flexibility index (Phi) is 4.63. The van der Waals surface area contributed by atoms with Crippen LogP contribution in [0.5, 0.6) is 0 Å².